The quantitative estimate of drug-likeness (QED) is 0.648. The highest BCUT2D eigenvalue weighted by Gasteiger charge is 2.39. The number of nitriles is 1. The van der Waals surface area contributed by atoms with Crippen LogP contribution >= 0.6 is 0 Å². The fraction of sp³-hybridized carbons (Fsp3) is 0.565. The molecule has 4 atom stereocenters. The van der Waals surface area contributed by atoms with Gasteiger partial charge in [0, 0.05) is 31.8 Å². The maximum absolute atomic E-state index is 9.98. The SMILES string of the molecule is CO[C@@H]1CCN(c2cc(N3C4CCC3COC4)nc3c2c(C#N)nn3-c2ccn[nH]2)[C@H](C)C1. The molecule has 0 aromatic carbocycles. The van der Waals surface area contributed by atoms with Gasteiger partial charge in [-0.2, -0.15) is 20.1 Å². The van der Waals surface area contributed by atoms with Gasteiger partial charge in [0.05, 0.1) is 48.7 Å². The van der Waals surface area contributed by atoms with Gasteiger partial charge in [-0.25, -0.2) is 4.98 Å². The Kier molecular flexibility index (Phi) is 4.96. The van der Waals surface area contributed by atoms with Crippen LogP contribution in [0.1, 0.15) is 38.3 Å². The van der Waals surface area contributed by atoms with Crippen molar-refractivity contribution in [1.29, 1.82) is 5.26 Å². The molecule has 3 aliphatic heterocycles. The third-order valence-corrected chi connectivity index (χ3v) is 7.40. The predicted octanol–water partition coefficient (Wildman–Crippen LogP) is 2.39. The van der Waals surface area contributed by atoms with Gasteiger partial charge in [0.1, 0.15) is 11.9 Å². The van der Waals surface area contributed by atoms with Gasteiger partial charge < -0.3 is 19.3 Å². The highest BCUT2D eigenvalue weighted by Crippen LogP contribution is 2.40. The lowest BCUT2D eigenvalue weighted by Gasteiger charge is -2.40. The molecule has 6 rings (SSSR count). The van der Waals surface area contributed by atoms with E-state index in [0.717, 1.165) is 62.3 Å². The fourth-order valence-corrected chi connectivity index (χ4v) is 5.76. The third-order valence-electron chi connectivity index (χ3n) is 7.40. The van der Waals surface area contributed by atoms with Crippen LogP contribution in [0.5, 0.6) is 0 Å². The largest absolute Gasteiger partial charge is 0.381 e. The Labute approximate surface area is 192 Å². The summed E-state index contributed by atoms with van der Waals surface area (Å²) < 4.78 is 13.2. The van der Waals surface area contributed by atoms with Gasteiger partial charge in [0.25, 0.3) is 0 Å². The van der Waals surface area contributed by atoms with E-state index in [1.807, 2.05) is 6.07 Å². The van der Waals surface area contributed by atoms with Crippen molar-refractivity contribution in [3.05, 3.63) is 24.0 Å². The maximum atomic E-state index is 9.98. The molecule has 2 bridgehead atoms. The van der Waals surface area contributed by atoms with Gasteiger partial charge >= 0.3 is 0 Å². The lowest BCUT2D eigenvalue weighted by atomic mass is 9.99. The van der Waals surface area contributed by atoms with Crippen molar-refractivity contribution in [3.8, 4) is 11.9 Å². The van der Waals surface area contributed by atoms with Crippen LogP contribution in [0.2, 0.25) is 0 Å². The number of anilines is 2. The van der Waals surface area contributed by atoms with E-state index in [4.69, 9.17) is 14.5 Å². The Morgan fingerprint density at radius 3 is 2.73 bits per heavy atom. The van der Waals surface area contributed by atoms with Crippen molar-refractivity contribution in [2.75, 3.05) is 36.7 Å². The van der Waals surface area contributed by atoms with Crippen LogP contribution in [-0.4, -0.2) is 76.1 Å². The van der Waals surface area contributed by atoms with Gasteiger partial charge in [-0.05, 0) is 32.6 Å². The number of morpholine rings is 1. The molecule has 10 heteroatoms. The standard InChI is InChI=1S/C23H28N8O2/c1-14-9-17(32-2)6-8-29(14)19-10-21(30-15-3-4-16(30)13-33-12-15)26-23-22(19)18(11-24)28-31(23)20-5-7-25-27-20/h5,7,10,14-17H,3-4,6,8-9,12-13H2,1-2H3,(H,25,27)/t14-,15?,16?,17-/m1/s1. The molecule has 3 fully saturated rings. The lowest BCUT2D eigenvalue weighted by Crippen LogP contribution is -2.47. The minimum Gasteiger partial charge on any atom is -0.381 e. The van der Waals surface area contributed by atoms with E-state index in [1.165, 1.54) is 0 Å². The summed E-state index contributed by atoms with van der Waals surface area (Å²) in [4.78, 5) is 9.92. The monoisotopic (exact) mass is 448 g/mol. The summed E-state index contributed by atoms with van der Waals surface area (Å²) >= 11 is 0. The molecule has 0 spiro atoms. The number of nitrogens with zero attached hydrogens (tertiary/aromatic N) is 7. The van der Waals surface area contributed by atoms with Crippen molar-refractivity contribution in [2.24, 2.45) is 0 Å². The van der Waals surface area contributed by atoms with E-state index in [0.29, 0.717) is 29.2 Å². The summed E-state index contributed by atoms with van der Waals surface area (Å²) in [6, 6.07) is 7.24. The van der Waals surface area contributed by atoms with E-state index in [2.05, 4.69) is 44.2 Å². The van der Waals surface area contributed by atoms with Gasteiger partial charge in [-0.15, -0.1) is 0 Å². The topological polar surface area (TPSA) is 108 Å². The van der Waals surface area contributed by atoms with Crippen molar-refractivity contribution in [1.82, 2.24) is 25.0 Å². The normalized spacial score (nSPS) is 27.3. The summed E-state index contributed by atoms with van der Waals surface area (Å²) in [5.41, 5.74) is 2.07. The molecule has 3 aromatic heterocycles. The maximum Gasteiger partial charge on any atom is 0.174 e. The van der Waals surface area contributed by atoms with Crippen LogP contribution in [0, 0.1) is 11.3 Å². The molecule has 0 aliphatic carbocycles. The smallest absolute Gasteiger partial charge is 0.174 e. The van der Waals surface area contributed by atoms with Crippen LogP contribution < -0.4 is 9.80 Å². The van der Waals surface area contributed by atoms with E-state index in [1.54, 1.807) is 18.0 Å². The number of fused-ring (bicyclic) bond motifs is 3. The summed E-state index contributed by atoms with van der Waals surface area (Å²) in [5, 5.41) is 22.5. The number of hydrogen-bond acceptors (Lipinski definition) is 8. The minimum atomic E-state index is 0.256. The number of pyridine rings is 1. The van der Waals surface area contributed by atoms with Crippen LogP contribution in [0.3, 0.4) is 0 Å². The van der Waals surface area contributed by atoms with Crippen LogP contribution in [0.15, 0.2) is 18.3 Å². The average molecular weight is 449 g/mol. The molecule has 2 unspecified atom stereocenters. The second-order valence-corrected chi connectivity index (χ2v) is 9.27. The van der Waals surface area contributed by atoms with E-state index >= 15 is 0 Å². The number of H-pyrrole nitrogens is 1. The van der Waals surface area contributed by atoms with Crippen molar-refractivity contribution in [2.45, 2.75) is 56.8 Å². The van der Waals surface area contributed by atoms with Gasteiger partial charge in [0.2, 0.25) is 0 Å². The number of aromatic amines is 1. The first-order valence-electron chi connectivity index (χ1n) is 11.7. The zero-order valence-corrected chi connectivity index (χ0v) is 18.9. The predicted molar refractivity (Wildman–Crippen MR) is 123 cm³/mol. The second-order valence-electron chi connectivity index (χ2n) is 9.27. The number of aromatic nitrogens is 5. The van der Waals surface area contributed by atoms with Gasteiger partial charge in [-0.3, -0.25) is 5.10 Å². The first kappa shape index (κ1) is 20.4. The second kappa shape index (κ2) is 8.01. The number of piperidine rings is 1. The number of ether oxygens (including phenoxy) is 2. The van der Waals surface area contributed by atoms with E-state index < -0.39 is 0 Å². The molecule has 1 N–H and O–H groups in total. The average Bonchev–Trinajstić information content (AvgIpc) is 3.54. The minimum absolute atomic E-state index is 0.256. The molecule has 6 heterocycles. The number of methoxy groups -OCH3 is 1. The van der Waals surface area contributed by atoms with Crippen LogP contribution in [0.4, 0.5) is 11.5 Å². The van der Waals surface area contributed by atoms with Crippen molar-refractivity contribution < 1.29 is 9.47 Å². The third kappa shape index (κ3) is 3.26. The lowest BCUT2D eigenvalue weighted by molar-refractivity contribution is 0.0721. The first-order chi connectivity index (χ1) is 16.2. The summed E-state index contributed by atoms with van der Waals surface area (Å²) in [7, 11) is 1.78. The summed E-state index contributed by atoms with van der Waals surface area (Å²) in [5.74, 6) is 1.62. The Balaban J connectivity index is 1.55. The molecule has 3 saturated heterocycles. The molecule has 172 valence electrons. The molecular weight excluding hydrogens is 420 g/mol. The number of rotatable bonds is 4. The molecule has 3 aliphatic rings. The van der Waals surface area contributed by atoms with Gasteiger partial charge in [-0.1, -0.05) is 0 Å². The van der Waals surface area contributed by atoms with E-state index in [-0.39, 0.29) is 12.1 Å². The zero-order valence-electron chi connectivity index (χ0n) is 18.9. The number of hydrogen-bond donors (Lipinski definition) is 1. The molecule has 3 aromatic rings. The van der Waals surface area contributed by atoms with Crippen molar-refractivity contribution in [3.63, 3.8) is 0 Å². The zero-order chi connectivity index (χ0) is 22.5. The van der Waals surface area contributed by atoms with E-state index in [9.17, 15) is 5.26 Å². The summed E-state index contributed by atoms with van der Waals surface area (Å²) in [6.07, 6.45) is 6.04. The highest BCUT2D eigenvalue weighted by molar-refractivity contribution is 5.96. The van der Waals surface area contributed by atoms with Crippen LogP contribution in [-0.2, 0) is 9.47 Å². The molecule has 0 radical (unpaired) electrons. The molecule has 0 amide bonds. The Morgan fingerprint density at radius 2 is 2.06 bits per heavy atom. The summed E-state index contributed by atoms with van der Waals surface area (Å²) in [6.45, 7) is 4.53. The molecule has 0 saturated carbocycles. The molecule has 10 nitrogen and oxygen atoms in total. The Bertz CT molecular complexity index is 1180. The number of nitrogens with one attached hydrogen (secondary N) is 1. The molecular formula is C23H28N8O2. The highest BCUT2D eigenvalue weighted by atomic mass is 16.5. The fourth-order valence-electron chi connectivity index (χ4n) is 5.76. The van der Waals surface area contributed by atoms with Crippen molar-refractivity contribution >= 4 is 22.5 Å². The van der Waals surface area contributed by atoms with Crippen LogP contribution in [0.25, 0.3) is 16.9 Å². The Morgan fingerprint density at radius 1 is 1.24 bits per heavy atom. The molecule has 33 heavy (non-hydrogen) atoms. The Hall–Kier alpha value is -3.16. The van der Waals surface area contributed by atoms with Gasteiger partial charge in [0.15, 0.2) is 17.2 Å². The first-order valence-corrected chi connectivity index (χ1v) is 11.7.